The lowest BCUT2D eigenvalue weighted by atomic mass is 10.1. The standard InChI is InChI=1S/C19H15ClN4O/c1-12-9-13(7-8-16(12)20)22-23-17(10-21)19(25)15-11-24(2)18-6-4-3-5-14(15)18/h3-9,11,22H,1-2H3/b23-17+. The van der Waals surface area contributed by atoms with Gasteiger partial charge in [-0.2, -0.15) is 10.4 Å². The van der Waals surface area contributed by atoms with Crippen LogP contribution in [-0.4, -0.2) is 16.1 Å². The van der Waals surface area contributed by atoms with Crippen LogP contribution in [0.4, 0.5) is 5.69 Å². The topological polar surface area (TPSA) is 70.2 Å². The maximum Gasteiger partial charge on any atom is 0.226 e. The summed E-state index contributed by atoms with van der Waals surface area (Å²) in [7, 11) is 1.86. The van der Waals surface area contributed by atoms with Gasteiger partial charge in [0, 0.05) is 29.2 Å². The number of hydrazone groups is 1. The SMILES string of the molecule is Cc1cc(N/N=C(\C#N)C(=O)c2cn(C)c3ccccc23)ccc1Cl. The zero-order valence-corrected chi connectivity index (χ0v) is 14.5. The maximum absolute atomic E-state index is 12.7. The number of hydrogen-bond acceptors (Lipinski definition) is 4. The summed E-state index contributed by atoms with van der Waals surface area (Å²) in [5.74, 6) is -0.419. The number of ketones is 1. The minimum absolute atomic E-state index is 0.205. The molecule has 124 valence electrons. The number of hydrogen-bond donors (Lipinski definition) is 1. The quantitative estimate of drug-likeness (QED) is 0.433. The lowest BCUT2D eigenvalue weighted by Crippen LogP contribution is -2.14. The first-order valence-corrected chi connectivity index (χ1v) is 7.97. The van der Waals surface area contributed by atoms with Gasteiger partial charge in [-0.1, -0.05) is 29.8 Å². The normalized spacial score (nSPS) is 11.4. The van der Waals surface area contributed by atoms with E-state index >= 15 is 0 Å². The molecule has 0 saturated carbocycles. The van der Waals surface area contributed by atoms with E-state index in [2.05, 4.69) is 10.5 Å². The van der Waals surface area contributed by atoms with Crippen LogP contribution in [0.1, 0.15) is 15.9 Å². The van der Waals surface area contributed by atoms with E-state index in [1.165, 1.54) is 0 Å². The predicted molar refractivity (Wildman–Crippen MR) is 100 cm³/mol. The van der Waals surface area contributed by atoms with Crippen molar-refractivity contribution in [2.24, 2.45) is 12.1 Å². The third-order valence-electron chi connectivity index (χ3n) is 3.92. The first-order valence-electron chi connectivity index (χ1n) is 7.60. The molecule has 3 rings (SSSR count). The maximum atomic E-state index is 12.7. The van der Waals surface area contributed by atoms with E-state index in [0.29, 0.717) is 16.3 Å². The van der Waals surface area contributed by atoms with Crippen molar-refractivity contribution in [3.05, 3.63) is 64.8 Å². The zero-order chi connectivity index (χ0) is 18.0. The molecule has 0 amide bonds. The number of aryl methyl sites for hydroxylation is 2. The number of benzene rings is 2. The number of nitrogens with one attached hydrogen (secondary N) is 1. The molecule has 0 aliphatic heterocycles. The zero-order valence-electron chi connectivity index (χ0n) is 13.7. The third-order valence-corrected chi connectivity index (χ3v) is 4.34. The monoisotopic (exact) mass is 350 g/mol. The van der Waals surface area contributed by atoms with Crippen LogP contribution in [0.2, 0.25) is 5.02 Å². The molecular weight excluding hydrogens is 336 g/mol. The summed E-state index contributed by atoms with van der Waals surface area (Å²) in [4.78, 5) is 12.7. The molecule has 0 aliphatic rings. The molecular formula is C19H15ClN4O. The van der Waals surface area contributed by atoms with E-state index < -0.39 is 5.78 Å². The first kappa shape index (κ1) is 16.7. The molecule has 0 atom stereocenters. The summed E-state index contributed by atoms with van der Waals surface area (Å²) in [6.45, 7) is 1.86. The molecule has 0 bridgehead atoms. The van der Waals surface area contributed by atoms with Crippen molar-refractivity contribution in [2.45, 2.75) is 6.92 Å². The molecule has 0 spiro atoms. The molecule has 0 saturated heterocycles. The molecule has 0 unspecified atom stereocenters. The number of fused-ring (bicyclic) bond motifs is 1. The summed E-state index contributed by atoms with van der Waals surface area (Å²) in [5, 5.41) is 14.8. The molecule has 6 heteroatoms. The van der Waals surface area contributed by atoms with E-state index in [4.69, 9.17) is 11.6 Å². The Hall–Kier alpha value is -3.10. The number of nitrogens with zero attached hydrogens (tertiary/aromatic N) is 3. The van der Waals surface area contributed by atoms with Crippen LogP contribution in [-0.2, 0) is 7.05 Å². The Morgan fingerprint density at radius 1 is 1.28 bits per heavy atom. The van der Waals surface area contributed by atoms with Gasteiger partial charge in [0.1, 0.15) is 6.07 Å². The van der Waals surface area contributed by atoms with Gasteiger partial charge in [-0.25, -0.2) is 0 Å². The number of halogens is 1. The van der Waals surface area contributed by atoms with Gasteiger partial charge in [0.25, 0.3) is 0 Å². The molecule has 25 heavy (non-hydrogen) atoms. The highest BCUT2D eigenvalue weighted by Crippen LogP contribution is 2.22. The third kappa shape index (κ3) is 3.25. The van der Waals surface area contributed by atoms with Gasteiger partial charge in [0.2, 0.25) is 11.5 Å². The number of aromatic nitrogens is 1. The van der Waals surface area contributed by atoms with Crippen LogP contribution < -0.4 is 5.43 Å². The number of Topliss-reactive ketones (excluding diaryl/α,β-unsaturated/α-hetero) is 1. The fourth-order valence-electron chi connectivity index (χ4n) is 2.61. The van der Waals surface area contributed by atoms with E-state index in [1.807, 2.05) is 48.9 Å². The summed E-state index contributed by atoms with van der Waals surface area (Å²) in [6.07, 6.45) is 1.71. The van der Waals surface area contributed by atoms with E-state index in [9.17, 15) is 10.1 Å². The Kier molecular flexibility index (Phi) is 4.55. The lowest BCUT2D eigenvalue weighted by Gasteiger charge is -2.04. The minimum Gasteiger partial charge on any atom is -0.350 e. The first-order chi connectivity index (χ1) is 12.0. The summed E-state index contributed by atoms with van der Waals surface area (Å²) in [5.41, 5.74) is 5.44. The highest BCUT2D eigenvalue weighted by Gasteiger charge is 2.19. The predicted octanol–water partition coefficient (Wildman–Crippen LogP) is 4.31. The number of carbonyl (C=O) groups excluding carboxylic acids is 1. The number of anilines is 1. The second-order valence-electron chi connectivity index (χ2n) is 5.65. The van der Waals surface area contributed by atoms with Crippen LogP contribution in [0.3, 0.4) is 0 Å². The van der Waals surface area contributed by atoms with Gasteiger partial charge in [0.15, 0.2) is 0 Å². The van der Waals surface area contributed by atoms with Gasteiger partial charge >= 0.3 is 0 Å². The number of para-hydroxylation sites is 1. The molecule has 5 nitrogen and oxygen atoms in total. The molecule has 0 radical (unpaired) electrons. The van der Waals surface area contributed by atoms with Crippen molar-refractivity contribution >= 4 is 39.7 Å². The van der Waals surface area contributed by atoms with Crippen LogP contribution in [0.15, 0.2) is 53.8 Å². The van der Waals surface area contributed by atoms with Crippen LogP contribution >= 0.6 is 11.6 Å². The molecule has 1 heterocycles. The summed E-state index contributed by atoms with van der Waals surface area (Å²) >= 11 is 5.99. The number of carbonyl (C=O) groups is 1. The summed E-state index contributed by atoms with van der Waals surface area (Å²) in [6, 6.07) is 14.7. The van der Waals surface area contributed by atoms with E-state index in [0.717, 1.165) is 16.5 Å². The smallest absolute Gasteiger partial charge is 0.226 e. The highest BCUT2D eigenvalue weighted by atomic mass is 35.5. The largest absolute Gasteiger partial charge is 0.350 e. The van der Waals surface area contributed by atoms with Crippen LogP contribution in [0.5, 0.6) is 0 Å². The second-order valence-corrected chi connectivity index (χ2v) is 6.06. The molecule has 2 aromatic carbocycles. The number of nitriles is 1. The van der Waals surface area contributed by atoms with Crippen molar-refractivity contribution in [3.63, 3.8) is 0 Å². The Bertz CT molecular complexity index is 1040. The van der Waals surface area contributed by atoms with Crippen LogP contribution in [0, 0.1) is 18.3 Å². The Morgan fingerprint density at radius 3 is 2.76 bits per heavy atom. The van der Waals surface area contributed by atoms with E-state index in [1.54, 1.807) is 24.4 Å². The van der Waals surface area contributed by atoms with Crippen molar-refractivity contribution in [1.29, 1.82) is 5.26 Å². The second kappa shape index (κ2) is 6.80. The fourth-order valence-corrected chi connectivity index (χ4v) is 2.73. The van der Waals surface area contributed by atoms with Gasteiger partial charge < -0.3 is 4.57 Å². The van der Waals surface area contributed by atoms with Crippen molar-refractivity contribution < 1.29 is 4.79 Å². The minimum atomic E-state index is -0.419. The molecule has 1 aromatic heterocycles. The molecule has 3 aromatic rings. The Labute approximate surface area is 150 Å². The Morgan fingerprint density at radius 2 is 2.04 bits per heavy atom. The molecule has 0 fully saturated rings. The average Bonchev–Trinajstić information content (AvgIpc) is 2.95. The van der Waals surface area contributed by atoms with Crippen LogP contribution in [0.25, 0.3) is 10.9 Å². The summed E-state index contributed by atoms with van der Waals surface area (Å²) < 4.78 is 1.85. The van der Waals surface area contributed by atoms with Gasteiger partial charge in [-0.15, -0.1) is 0 Å². The van der Waals surface area contributed by atoms with Gasteiger partial charge in [-0.3, -0.25) is 10.2 Å². The van der Waals surface area contributed by atoms with Crippen molar-refractivity contribution in [1.82, 2.24) is 4.57 Å². The van der Waals surface area contributed by atoms with Gasteiger partial charge in [0.05, 0.1) is 11.3 Å². The van der Waals surface area contributed by atoms with Gasteiger partial charge in [-0.05, 0) is 36.8 Å². The fraction of sp³-hybridized carbons (Fsp3) is 0.105. The number of rotatable bonds is 4. The van der Waals surface area contributed by atoms with Crippen molar-refractivity contribution in [2.75, 3.05) is 5.43 Å². The lowest BCUT2D eigenvalue weighted by molar-refractivity contribution is 0.106. The Balaban J connectivity index is 1.93. The molecule has 1 N–H and O–H groups in total. The average molecular weight is 351 g/mol. The highest BCUT2D eigenvalue weighted by molar-refractivity contribution is 6.53. The molecule has 0 aliphatic carbocycles. The van der Waals surface area contributed by atoms with Crippen molar-refractivity contribution in [3.8, 4) is 6.07 Å². The van der Waals surface area contributed by atoms with E-state index in [-0.39, 0.29) is 5.71 Å².